The topological polar surface area (TPSA) is 63.6 Å². The highest BCUT2D eigenvalue weighted by Crippen LogP contribution is 2.38. The number of ether oxygens (including phenoxy) is 1. The fraction of sp³-hybridized carbons (Fsp3) is 0.429. The quantitative estimate of drug-likeness (QED) is 0.488. The zero-order valence-electron chi connectivity index (χ0n) is 20.4. The molecule has 0 saturated heterocycles. The number of fused-ring (bicyclic) bond motifs is 3. The molecular weight excluding hydrogens is 462 g/mol. The molecule has 2 amide bonds. The van der Waals surface area contributed by atoms with Gasteiger partial charge in [-0.3, -0.25) is 14.5 Å². The molecule has 2 heterocycles. The SMILES string of the molecule is COc1ccc(N2C(=O)c3cc4ccccc4n3CC2(C)C(=O)NC2CCCCCCC2)cc1Cl. The van der Waals surface area contributed by atoms with Crippen LogP contribution in [0.1, 0.15) is 62.4 Å². The van der Waals surface area contributed by atoms with Crippen LogP contribution in [-0.4, -0.2) is 35.1 Å². The minimum Gasteiger partial charge on any atom is -0.495 e. The molecule has 7 heteroatoms. The fourth-order valence-electron chi connectivity index (χ4n) is 5.59. The molecule has 3 aromatic rings. The van der Waals surface area contributed by atoms with E-state index < -0.39 is 5.54 Å². The Hall–Kier alpha value is -2.99. The Kier molecular flexibility index (Phi) is 6.49. The molecule has 1 unspecified atom stereocenters. The molecule has 6 nitrogen and oxygen atoms in total. The number of anilines is 1. The Balaban J connectivity index is 1.58. The van der Waals surface area contributed by atoms with Gasteiger partial charge in [-0.1, -0.05) is 61.9 Å². The normalized spacial score (nSPS) is 21.3. The molecule has 1 aliphatic carbocycles. The third-order valence-corrected chi connectivity index (χ3v) is 7.81. The van der Waals surface area contributed by atoms with Crippen LogP contribution in [0.4, 0.5) is 5.69 Å². The summed E-state index contributed by atoms with van der Waals surface area (Å²) in [5.74, 6) is 0.172. The van der Waals surface area contributed by atoms with Gasteiger partial charge in [-0.25, -0.2) is 0 Å². The summed E-state index contributed by atoms with van der Waals surface area (Å²) in [4.78, 5) is 29.6. The maximum atomic E-state index is 14.0. The number of rotatable bonds is 4. The molecule has 1 saturated carbocycles. The number of amides is 2. The van der Waals surface area contributed by atoms with Gasteiger partial charge in [0.15, 0.2) is 0 Å². The van der Waals surface area contributed by atoms with E-state index in [4.69, 9.17) is 16.3 Å². The number of benzene rings is 2. The number of para-hydroxylation sites is 1. The number of hydrogen-bond acceptors (Lipinski definition) is 3. The van der Waals surface area contributed by atoms with Crippen molar-refractivity contribution in [3.05, 3.63) is 59.2 Å². The van der Waals surface area contributed by atoms with E-state index in [0.717, 1.165) is 36.6 Å². The van der Waals surface area contributed by atoms with Crippen molar-refractivity contribution in [1.29, 1.82) is 0 Å². The lowest BCUT2D eigenvalue weighted by Crippen LogP contribution is -2.65. The van der Waals surface area contributed by atoms with Crippen LogP contribution in [0.3, 0.4) is 0 Å². The van der Waals surface area contributed by atoms with Crippen LogP contribution in [-0.2, 0) is 11.3 Å². The average Bonchev–Trinajstić information content (AvgIpc) is 3.19. The molecule has 1 atom stereocenters. The lowest BCUT2D eigenvalue weighted by molar-refractivity contribution is -0.127. The predicted molar refractivity (Wildman–Crippen MR) is 139 cm³/mol. The molecule has 2 aliphatic rings. The van der Waals surface area contributed by atoms with E-state index in [1.807, 2.05) is 41.8 Å². The van der Waals surface area contributed by atoms with Gasteiger partial charge in [0.1, 0.15) is 17.0 Å². The molecule has 0 radical (unpaired) electrons. The van der Waals surface area contributed by atoms with Crippen molar-refractivity contribution < 1.29 is 14.3 Å². The minimum atomic E-state index is -1.13. The van der Waals surface area contributed by atoms with Crippen LogP contribution in [0.5, 0.6) is 5.75 Å². The van der Waals surface area contributed by atoms with Crippen molar-refractivity contribution in [3.63, 3.8) is 0 Å². The summed E-state index contributed by atoms with van der Waals surface area (Å²) in [6.45, 7) is 2.21. The molecule has 1 fully saturated rings. The zero-order chi connectivity index (χ0) is 24.6. The first-order chi connectivity index (χ1) is 16.9. The molecule has 1 aromatic heterocycles. The van der Waals surface area contributed by atoms with Crippen LogP contribution in [0.15, 0.2) is 48.5 Å². The number of hydrogen-bond donors (Lipinski definition) is 1. The van der Waals surface area contributed by atoms with Crippen molar-refractivity contribution in [1.82, 2.24) is 9.88 Å². The first-order valence-electron chi connectivity index (χ1n) is 12.5. The third kappa shape index (κ3) is 4.29. The Bertz CT molecular complexity index is 1260. The number of carbonyl (C=O) groups is 2. The van der Waals surface area contributed by atoms with Crippen LogP contribution in [0.2, 0.25) is 5.02 Å². The summed E-state index contributed by atoms with van der Waals surface area (Å²) in [6.07, 6.45) is 7.86. The van der Waals surface area contributed by atoms with Gasteiger partial charge in [-0.15, -0.1) is 0 Å². The number of nitrogens with zero attached hydrogens (tertiary/aromatic N) is 2. The lowest BCUT2D eigenvalue weighted by Gasteiger charge is -2.44. The third-order valence-electron chi connectivity index (χ3n) is 7.52. The van der Waals surface area contributed by atoms with Crippen LogP contribution in [0, 0.1) is 0 Å². The van der Waals surface area contributed by atoms with Gasteiger partial charge < -0.3 is 14.6 Å². The van der Waals surface area contributed by atoms with Gasteiger partial charge in [0.25, 0.3) is 5.91 Å². The highest BCUT2D eigenvalue weighted by Gasteiger charge is 2.49. The van der Waals surface area contributed by atoms with E-state index in [0.29, 0.717) is 28.7 Å². The zero-order valence-corrected chi connectivity index (χ0v) is 21.1. The standard InChI is InChI=1S/C28H32ClN3O3/c1-28(27(34)30-20-11-6-4-3-5-7-12-20)18-31-23-13-9-8-10-19(23)16-24(31)26(33)32(28)21-14-15-25(35-2)22(29)17-21/h8-10,13-17,20H,3-7,11-12,18H2,1-2H3,(H,30,34). The molecule has 35 heavy (non-hydrogen) atoms. The first kappa shape index (κ1) is 23.7. The molecule has 1 N–H and O–H groups in total. The summed E-state index contributed by atoms with van der Waals surface area (Å²) in [7, 11) is 1.55. The van der Waals surface area contributed by atoms with E-state index in [1.54, 1.807) is 30.2 Å². The smallest absolute Gasteiger partial charge is 0.275 e. The van der Waals surface area contributed by atoms with E-state index in [2.05, 4.69) is 5.32 Å². The van der Waals surface area contributed by atoms with Gasteiger partial charge >= 0.3 is 0 Å². The molecule has 5 rings (SSSR count). The summed E-state index contributed by atoms with van der Waals surface area (Å²) in [6, 6.07) is 15.2. The van der Waals surface area contributed by atoms with Crippen molar-refractivity contribution in [2.45, 2.75) is 70.0 Å². The maximum absolute atomic E-state index is 14.0. The van der Waals surface area contributed by atoms with E-state index in [1.165, 1.54) is 19.3 Å². The van der Waals surface area contributed by atoms with Crippen molar-refractivity contribution in [3.8, 4) is 5.75 Å². The van der Waals surface area contributed by atoms with Crippen molar-refractivity contribution >= 4 is 40.0 Å². The lowest BCUT2D eigenvalue weighted by atomic mass is 9.91. The van der Waals surface area contributed by atoms with Crippen LogP contribution in [0.25, 0.3) is 10.9 Å². The average molecular weight is 494 g/mol. The summed E-state index contributed by atoms with van der Waals surface area (Å²) >= 11 is 6.45. The van der Waals surface area contributed by atoms with Crippen LogP contribution < -0.4 is 15.0 Å². The predicted octanol–water partition coefficient (Wildman–Crippen LogP) is 5.95. The van der Waals surface area contributed by atoms with Crippen molar-refractivity contribution in [2.24, 2.45) is 0 Å². The number of carbonyl (C=O) groups excluding carboxylic acids is 2. The molecule has 0 spiro atoms. The van der Waals surface area contributed by atoms with E-state index in [-0.39, 0.29) is 17.9 Å². The second-order valence-corrected chi connectivity index (χ2v) is 10.3. The Morgan fingerprint density at radius 1 is 1.06 bits per heavy atom. The second kappa shape index (κ2) is 9.57. The summed E-state index contributed by atoms with van der Waals surface area (Å²) < 4.78 is 7.30. The summed E-state index contributed by atoms with van der Waals surface area (Å²) in [5, 5.41) is 4.70. The largest absolute Gasteiger partial charge is 0.495 e. The molecular formula is C28H32ClN3O3. The minimum absolute atomic E-state index is 0.124. The van der Waals surface area contributed by atoms with Gasteiger partial charge in [-0.2, -0.15) is 0 Å². The van der Waals surface area contributed by atoms with E-state index >= 15 is 0 Å². The van der Waals surface area contributed by atoms with Gasteiger partial charge in [0.05, 0.1) is 18.7 Å². The number of aromatic nitrogens is 1. The highest BCUT2D eigenvalue weighted by molar-refractivity contribution is 6.32. The number of nitrogens with one attached hydrogen (secondary N) is 1. The maximum Gasteiger partial charge on any atom is 0.275 e. The number of halogens is 1. The van der Waals surface area contributed by atoms with Gasteiger partial charge in [0, 0.05) is 22.6 Å². The van der Waals surface area contributed by atoms with Gasteiger partial charge in [0.2, 0.25) is 5.91 Å². The first-order valence-corrected chi connectivity index (χ1v) is 12.9. The molecule has 0 bridgehead atoms. The summed E-state index contributed by atoms with van der Waals surface area (Å²) in [5.41, 5.74) is 0.960. The number of methoxy groups -OCH3 is 1. The molecule has 1 aliphatic heterocycles. The second-order valence-electron chi connectivity index (χ2n) is 9.92. The monoisotopic (exact) mass is 493 g/mol. The van der Waals surface area contributed by atoms with Crippen molar-refractivity contribution in [2.75, 3.05) is 12.0 Å². The Morgan fingerprint density at radius 3 is 2.49 bits per heavy atom. The highest BCUT2D eigenvalue weighted by atomic mass is 35.5. The van der Waals surface area contributed by atoms with E-state index in [9.17, 15) is 9.59 Å². The van der Waals surface area contributed by atoms with Gasteiger partial charge in [-0.05, 0) is 50.1 Å². The fourth-order valence-corrected chi connectivity index (χ4v) is 5.84. The Labute approximate surface area is 211 Å². The molecule has 184 valence electrons. The molecule has 2 aromatic carbocycles. The Morgan fingerprint density at radius 2 is 1.77 bits per heavy atom. The van der Waals surface area contributed by atoms with Crippen LogP contribution >= 0.6 is 11.6 Å².